The zero-order valence-corrected chi connectivity index (χ0v) is 18.0. The van der Waals surface area contributed by atoms with Gasteiger partial charge in [0.05, 0.1) is 12.5 Å². The summed E-state index contributed by atoms with van der Waals surface area (Å²) in [6.07, 6.45) is 9.83. The fourth-order valence-electron chi connectivity index (χ4n) is 5.40. The van der Waals surface area contributed by atoms with E-state index in [9.17, 15) is 4.79 Å². The number of carbonyl (C=O) groups excluding carboxylic acids is 1. The quantitative estimate of drug-likeness (QED) is 0.549. The fourth-order valence-corrected chi connectivity index (χ4v) is 5.40. The first-order chi connectivity index (χ1) is 15.1. The second kappa shape index (κ2) is 7.71. The summed E-state index contributed by atoms with van der Waals surface area (Å²) in [4.78, 5) is 16.7. The van der Waals surface area contributed by atoms with Crippen LogP contribution >= 0.6 is 0 Å². The topological polar surface area (TPSA) is 108 Å². The molecule has 0 amide bonds. The molecule has 3 aromatic heterocycles. The molecule has 0 saturated heterocycles. The number of nitrogens with zero attached hydrogens (tertiary/aromatic N) is 5. The molecule has 3 heterocycles. The highest BCUT2D eigenvalue weighted by molar-refractivity contribution is 5.78. The third-order valence-corrected chi connectivity index (χ3v) is 7.07. The first kappa shape index (κ1) is 20.1. The predicted molar refractivity (Wildman–Crippen MR) is 112 cm³/mol. The number of methoxy groups -OCH3 is 1. The molecule has 2 aliphatic carbocycles. The SMILES string of the molecule is CCCCn1nnnc1C(NC12CCC(C(=O)OC)(CC1)C2)c1cc2cnccc2o1. The van der Waals surface area contributed by atoms with Crippen LogP contribution in [0.25, 0.3) is 11.0 Å². The fraction of sp³-hybridized carbons (Fsp3) is 0.591. The average molecular weight is 425 g/mol. The summed E-state index contributed by atoms with van der Waals surface area (Å²) >= 11 is 0. The lowest BCUT2D eigenvalue weighted by Crippen LogP contribution is -2.44. The molecule has 2 bridgehead atoms. The van der Waals surface area contributed by atoms with Crippen molar-refractivity contribution in [3.8, 4) is 0 Å². The zero-order valence-electron chi connectivity index (χ0n) is 18.0. The van der Waals surface area contributed by atoms with E-state index in [4.69, 9.17) is 9.15 Å². The van der Waals surface area contributed by atoms with Gasteiger partial charge in [-0.25, -0.2) is 4.68 Å². The number of hydrogen-bond donors (Lipinski definition) is 1. The van der Waals surface area contributed by atoms with Crippen molar-refractivity contribution >= 4 is 16.9 Å². The maximum absolute atomic E-state index is 12.5. The monoisotopic (exact) mass is 424 g/mol. The summed E-state index contributed by atoms with van der Waals surface area (Å²) in [5.74, 6) is 1.40. The smallest absolute Gasteiger partial charge is 0.311 e. The van der Waals surface area contributed by atoms with E-state index in [0.717, 1.165) is 74.0 Å². The van der Waals surface area contributed by atoms with Crippen molar-refractivity contribution in [3.05, 3.63) is 36.1 Å². The minimum absolute atomic E-state index is 0.0900. The minimum Gasteiger partial charge on any atom is -0.469 e. The number of hydrogen-bond acceptors (Lipinski definition) is 8. The molecule has 2 fully saturated rings. The van der Waals surface area contributed by atoms with Crippen LogP contribution in [0.3, 0.4) is 0 Å². The number of carbonyl (C=O) groups is 1. The van der Waals surface area contributed by atoms with E-state index in [1.54, 1.807) is 12.4 Å². The summed E-state index contributed by atoms with van der Waals surface area (Å²) < 4.78 is 13.2. The van der Waals surface area contributed by atoms with Gasteiger partial charge >= 0.3 is 5.97 Å². The highest BCUT2D eigenvalue weighted by Gasteiger charge is 2.59. The van der Waals surface area contributed by atoms with Gasteiger partial charge in [0.1, 0.15) is 17.4 Å². The molecule has 164 valence electrons. The Kier molecular flexibility index (Phi) is 5.00. The van der Waals surface area contributed by atoms with Crippen molar-refractivity contribution in [3.63, 3.8) is 0 Å². The van der Waals surface area contributed by atoms with Crippen LogP contribution < -0.4 is 5.32 Å². The Balaban J connectivity index is 1.51. The molecule has 2 aliphatic rings. The molecular weight excluding hydrogens is 396 g/mol. The number of fused-ring (bicyclic) bond motifs is 3. The number of aryl methyl sites for hydroxylation is 1. The van der Waals surface area contributed by atoms with Gasteiger partial charge in [-0.3, -0.25) is 15.1 Å². The molecule has 1 unspecified atom stereocenters. The van der Waals surface area contributed by atoms with Crippen molar-refractivity contribution in [2.24, 2.45) is 5.41 Å². The molecule has 0 aliphatic heterocycles. The van der Waals surface area contributed by atoms with Gasteiger partial charge in [-0.15, -0.1) is 5.10 Å². The highest BCUT2D eigenvalue weighted by Crippen LogP contribution is 2.57. The molecule has 0 radical (unpaired) electrons. The zero-order chi connectivity index (χ0) is 21.5. The van der Waals surface area contributed by atoms with E-state index < -0.39 is 0 Å². The molecular formula is C22H28N6O3. The summed E-state index contributed by atoms with van der Waals surface area (Å²) in [5, 5.41) is 17.3. The van der Waals surface area contributed by atoms with Crippen molar-refractivity contribution in [1.82, 2.24) is 30.5 Å². The largest absolute Gasteiger partial charge is 0.469 e. The molecule has 5 rings (SSSR count). The van der Waals surface area contributed by atoms with Gasteiger partial charge in [0.25, 0.3) is 0 Å². The third kappa shape index (κ3) is 3.40. The second-order valence-electron chi connectivity index (χ2n) is 8.98. The van der Waals surface area contributed by atoms with Gasteiger partial charge in [-0.1, -0.05) is 13.3 Å². The summed E-state index contributed by atoms with van der Waals surface area (Å²) in [6.45, 7) is 2.90. The number of unbranched alkanes of at least 4 members (excludes halogenated alkanes) is 1. The van der Waals surface area contributed by atoms with Crippen LogP contribution in [0, 0.1) is 5.41 Å². The Morgan fingerprint density at radius 2 is 2.19 bits per heavy atom. The van der Waals surface area contributed by atoms with E-state index in [-0.39, 0.29) is 23.0 Å². The van der Waals surface area contributed by atoms with Crippen LogP contribution in [0.2, 0.25) is 0 Å². The Bertz CT molecular complexity index is 1050. The van der Waals surface area contributed by atoms with Crippen LogP contribution in [-0.4, -0.2) is 43.8 Å². The first-order valence-electron chi connectivity index (χ1n) is 11.0. The normalized spacial score (nSPS) is 25.9. The van der Waals surface area contributed by atoms with E-state index in [1.165, 1.54) is 7.11 Å². The molecule has 0 spiro atoms. The number of pyridine rings is 1. The number of furan rings is 1. The molecule has 1 N–H and O–H groups in total. The number of ether oxygens (including phenoxy) is 1. The second-order valence-corrected chi connectivity index (χ2v) is 8.98. The maximum atomic E-state index is 12.5. The average Bonchev–Trinajstić information content (AvgIpc) is 3.57. The lowest BCUT2D eigenvalue weighted by Gasteiger charge is -2.32. The Hall–Kier alpha value is -2.81. The molecule has 1 atom stereocenters. The molecule has 3 aromatic rings. The summed E-state index contributed by atoms with van der Waals surface area (Å²) in [5.41, 5.74) is 0.235. The van der Waals surface area contributed by atoms with Gasteiger partial charge in [-0.05, 0) is 61.1 Å². The van der Waals surface area contributed by atoms with Gasteiger partial charge in [0, 0.05) is 29.9 Å². The molecule has 31 heavy (non-hydrogen) atoms. The van der Waals surface area contributed by atoms with E-state index >= 15 is 0 Å². The van der Waals surface area contributed by atoms with Crippen molar-refractivity contribution in [2.45, 2.75) is 70.0 Å². The van der Waals surface area contributed by atoms with Crippen molar-refractivity contribution in [2.75, 3.05) is 7.11 Å². The van der Waals surface area contributed by atoms with E-state index in [1.807, 2.05) is 16.8 Å². The Morgan fingerprint density at radius 1 is 1.35 bits per heavy atom. The number of esters is 1. The molecule has 9 heteroatoms. The standard InChI is InChI=1S/C22H28N6O3/c1-3-4-11-28-19(25-26-27-28)18(17-12-15-13-23-10-5-16(15)31-17)24-22-8-6-21(14-22,7-9-22)20(29)30-2/h5,10,12-13,18,24H,3-4,6-9,11,14H2,1-2H3. The molecule has 9 nitrogen and oxygen atoms in total. The van der Waals surface area contributed by atoms with Gasteiger partial charge in [0.2, 0.25) is 0 Å². The van der Waals surface area contributed by atoms with Crippen LogP contribution in [0.15, 0.2) is 28.9 Å². The maximum Gasteiger partial charge on any atom is 0.311 e. The predicted octanol–water partition coefficient (Wildman–Crippen LogP) is 3.17. The van der Waals surface area contributed by atoms with E-state index in [0.29, 0.717) is 0 Å². The Labute approximate surface area is 180 Å². The number of rotatable bonds is 8. The van der Waals surface area contributed by atoms with Gasteiger partial charge < -0.3 is 9.15 Å². The number of aromatic nitrogens is 5. The van der Waals surface area contributed by atoms with Crippen molar-refractivity contribution < 1.29 is 13.9 Å². The number of tetrazole rings is 1. The van der Waals surface area contributed by atoms with Gasteiger partial charge in [-0.2, -0.15) is 0 Å². The van der Waals surface area contributed by atoms with Crippen LogP contribution in [0.4, 0.5) is 0 Å². The van der Waals surface area contributed by atoms with Crippen molar-refractivity contribution in [1.29, 1.82) is 0 Å². The summed E-state index contributed by atoms with van der Waals surface area (Å²) in [6, 6.07) is 3.56. The van der Waals surface area contributed by atoms with Crippen LogP contribution in [-0.2, 0) is 16.1 Å². The summed E-state index contributed by atoms with van der Waals surface area (Å²) in [7, 11) is 1.48. The molecule has 0 aromatic carbocycles. The minimum atomic E-state index is -0.377. The first-order valence-corrected chi connectivity index (χ1v) is 11.0. The molecule has 2 saturated carbocycles. The van der Waals surface area contributed by atoms with Crippen LogP contribution in [0.5, 0.6) is 0 Å². The van der Waals surface area contributed by atoms with E-state index in [2.05, 4.69) is 32.7 Å². The lowest BCUT2D eigenvalue weighted by molar-refractivity contribution is -0.152. The van der Waals surface area contributed by atoms with Crippen LogP contribution in [0.1, 0.15) is 69.5 Å². The van der Waals surface area contributed by atoms with Gasteiger partial charge in [0.15, 0.2) is 5.82 Å². The lowest BCUT2D eigenvalue weighted by atomic mass is 9.84. The highest BCUT2D eigenvalue weighted by atomic mass is 16.5. The number of nitrogens with one attached hydrogen (secondary N) is 1. The Morgan fingerprint density at radius 3 is 2.94 bits per heavy atom. The third-order valence-electron chi connectivity index (χ3n) is 7.07.